The Balaban J connectivity index is 2.42. The number of ether oxygens (including phenoxy) is 1. The van der Waals surface area contributed by atoms with Crippen LogP contribution in [0.2, 0.25) is 0 Å². The van der Waals surface area contributed by atoms with E-state index in [4.69, 9.17) is 10.5 Å². The Kier molecular flexibility index (Phi) is 3.33. The molecule has 3 nitrogen and oxygen atoms in total. The second kappa shape index (κ2) is 3.95. The summed E-state index contributed by atoms with van der Waals surface area (Å²) in [4.78, 5) is 2.39. The maximum Gasteiger partial charge on any atom is 0.0678 e. The minimum absolute atomic E-state index is 0.100. The minimum atomic E-state index is -0.100. The lowest BCUT2D eigenvalue weighted by atomic mass is 10.1. The lowest BCUT2D eigenvalue weighted by Gasteiger charge is -2.38. The third-order valence-electron chi connectivity index (χ3n) is 2.13. The first kappa shape index (κ1) is 11.0. The van der Waals surface area contributed by atoms with Crippen LogP contribution in [0.4, 0.5) is 0 Å². The molecule has 2 atom stereocenters. The van der Waals surface area contributed by atoms with Crippen molar-refractivity contribution >= 4 is 0 Å². The van der Waals surface area contributed by atoms with E-state index in [9.17, 15) is 0 Å². The molecule has 0 saturated carbocycles. The van der Waals surface area contributed by atoms with Crippen molar-refractivity contribution < 1.29 is 4.74 Å². The van der Waals surface area contributed by atoms with E-state index in [1.165, 1.54) is 0 Å². The van der Waals surface area contributed by atoms with Crippen LogP contribution in [0.3, 0.4) is 0 Å². The quantitative estimate of drug-likeness (QED) is 0.694. The zero-order valence-electron chi connectivity index (χ0n) is 9.21. The molecule has 1 rings (SSSR count). The van der Waals surface area contributed by atoms with Crippen molar-refractivity contribution in [3.8, 4) is 0 Å². The highest BCUT2D eigenvalue weighted by Gasteiger charge is 2.25. The fourth-order valence-electron chi connectivity index (χ4n) is 1.99. The van der Waals surface area contributed by atoms with Crippen molar-refractivity contribution in [1.82, 2.24) is 4.90 Å². The maximum atomic E-state index is 5.97. The number of hydrogen-bond acceptors (Lipinski definition) is 3. The Labute approximate surface area is 81.2 Å². The van der Waals surface area contributed by atoms with E-state index in [1.807, 2.05) is 0 Å². The van der Waals surface area contributed by atoms with Crippen molar-refractivity contribution in [3.63, 3.8) is 0 Å². The highest BCUT2D eigenvalue weighted by molar-refractivity contribution is 4.81. The second-order valence-electron chi connectivity index (χ2n) is 4.94. The molecule has 0 amide bonds. The van der Waals surface area contributed by atoms with Crippen LogP contribution in [0.15, 0.2) is 0 Å². The predicted octanol–water partition coefficient (Wildman–Crippen LogP) is 0.833. The summed E-state index contributed by atoms with van der Waals surface area (Å²) >= 11 is 0. The Morgan fingerprint density at radius 3 is 2.15 bits per heavy atom. The molecule has 0 spiro atoms. The average Bonchev–Trinajstić information content (AvgIpc) is 1.78. The molecule has 0 radical (unpaired) electrons. The van der Waals surface area contributed by atoms with E-state index >= 15 is 0 Å². The summed E-state index contributed by atoms with van der Waals surface area (Å²) in [6.45, 7) is 11.3. The zero-order valence-corrected chi connectivity index (χ0v) is 9.21. The first-order chi connectivity index (χ1) is 5.87. The topological polar surface area (TPSA) is 38.5 Å². The van der Waals surface area contributed by atoms with Gasteiger partial charge in [0.25, 0.3) is 0 Å². The highest BCUT2D eigenvalue weighted by Crippen LogP contribution is 2.12. The van der Waals surface area contributed by atoms with Crippen LogP contribution < -0.4 is 5.73 Å². The van der Waals surface area contributed by atoms with E-state index in [0.717, 1.165) is 19.6 Å². The number of hydrogen-bond donors (Lipinski definition) is 1. The first-order valence-electron chi connectivity index (χ1n) is 5.03. The van der Waals surface area contributed by atoms with Crippen LogP contribution in [0.25, 0.3) is 0 Å². The Bertz CT molecular complexity index is 155. The summed E-state index contributed by atoms with van der Waals surface area (Å²) in [6, 6.07) is 0. The van der Waals surface area contributed by atoms with Crippen molar-refractivity contribution in [1.29, 1.82) is 0 Å². The molecular formula is C10H22N2O. The normalized spacial score (nSPS) is 32.1. The van der Waals surface area contributed by atoms with Crippen LogP contribution in [-0.4, -0.2) is 42.3 Å². The fourth-order valence-corrected chi connectivity index (χ4v) is 1.99. The van der Waals surface area contributed by atoms with Gasteiger partial charge >= 0.3 is 0 Å². The summed E-state index contributed by atoms with van der Waals surface area (Å²) in [6.07, 6.45) is 0.678. The largest absolute Gasteiger partial charge is 0.373 e. The average molecular weight is 186 g/mol. The van der Waals surface area contributed by atoms with Gasteiger partial charge < -0.3 is 10.5 Å². The van der Waals surface area contributed by atoms with Gasteiger partial charge in [-0.1, -0.05) is 0 Å². The Hall–Kier alpha value is -0.120. The highest BCUT2D eigenvalue weighted by atomic mass is 16.5. The van der Waals surface area contributed by atoms with Crippen molar-refractivity contribution in [2.45, 2.75) is 45.4 Å². The number of rotatable bonds is 2. The summed E-state index contributed by atoms with van der Waals surface area (Å²) in [5, 5.41) is 0. The van der Waals surface area contributed by atoms with E-state index in [-0.39, 0.29) is 5.54 Å². The van der Waals surface area contributed by atoms with Crippen molar-refractivity contribution in [3.05, 3.63) is 0 Å². The molecule has 1 heterocycles. The van der Waals surface area contributed by atoms with Crippen LogP contribution in [-0.2, 0) is 4.74 Å². The molecule has 1 saturated heterocycles. The number of nitrogens with zero attached hydrogens (tertiary/aromatic N) is 1. The Morgan fingerprint density at radius 1 is 1.31 bits per heavy atom. The molecule has 1 aliphatic heterocycles. The van der Waals surface area contributed by atoms with E-state index in [1.54, 1.807) is 0 Å². The van der Waals surface area contributed by atoms with Gasteiger partial charge in [-0.15, -0.1) is 0 Å². The molecule has 0 aromatic rings. The van der Waals surface area contributed by atoms with Gasteiger partial charge in [-0.05, 0) is 27.7 Å². The van der Waals surface area contributed by atoms with Gasteiger partial charge in [-0.2, -0.15) is 0 Å². The van der Waals surface area contributed by atoms with Gasteiger partial charge in [-0.3, -0.25) is 4.90 Å². The van der Waals surface area contributed by atoms with Crippen LogP contribution in [0.1, 0.15) is 27.7 Å². The van der Waals surface area contributed by atoms with Gasteiger partial charge in [0.15, 0.2) is 0 Å². The van der Waals surface area contributed by atoms with Gasteiger partial charge in [0, 0.05) is 25.2 Å². The van der Waals surface area contributed by atoms with Gasteiger partial charge in [0.1, 0.15) is 0 Å². The SMILES string of the molecule is C[C@@H]1CN(CC(C)(C)N)C[C@H](C)O1. The molecule has 0 unspecified atom stereocenters. The lowest BCUT2D eigenvalue weighted by Crippen LogP contribution is -2.52. The van der Waals surface area contributed by atoms with E-state index in [2.05, 4.69) is 32.6 Å². The molecule has 2 N–H and O–H groups in total. The second-order valence-corrected chi connectivity index (χ2v) is 4.94. The maximum absolute atomic E-state index is 5.97. The summed E-state index contributed by atoms with van der Waals surface area (Å²) in [7, 11) is 0. The summed E-state index contributed by atoms with van der Waals surface area (Å²) < 4.78 is 5.65. The van der Waals surface area contributed by atoms with Gasteiger partial charge in [-0.25, -0.2) is 0 Å². The number of morpholine rings is 1. The van der Waals surface area contributed by atoms with Crippen LogP contribution in [0, 0.1) is 0 Å². The third-order valence-corrected chi connectivity index (χ3v) is 2.13. The molecule has 13 heavy (non-hydrogen) atoms. The molecule has 0 aromatic heterocycles. The van der Waals surface area contributed by atoms with Crippen LogP contribution in [0.5, 0.6) is 0 Å². The third kappa shape index (κ3) is 4.07. The molecule has 1 aliphatic rings. The number of nitrogens with two attached hydrogens (primary N) is 1. The zero-order chi connectivity index (χ0) is 10.1. The van der Waals surface area contributed by atoms with Crippen LogP contribution >= 0.6 is 0 Å². The summed E-state index contributed by atoms with van der Waals surface area (Å²) in [5.41, 5.74) is 5.87. The monoisotopic (exact) mass is 186 g/mol. The van der Waals surface area contributed by atoms with Gasteiger partial charge in [0.2, 0.25) is 0 Å². The standard InChI is InChI=1S/C10H22N2O/c1-8-5-12(6-9(2)13-8)7-10(3,4)11/h8-9H,5-7,11H2,1-4H3/t8-,9+. The predicted molar refractivity (Wildman–Crippen MR) is 54.7 cm³/mol. The Morgan fingerprint density at radius 2 is 1.77 bits per heavy atom. The van der Waals surface area contributed by atoms with E-state index in [0.29, 0.717) is 12.2 Å². The van der Waals surface area contributed by atoms with Crippen molar-refractivity contribution in [2.75, 3.05) is 19.6 Å². The molecule has 3 heteroatoms. The molecule has 0 bridgehead atoms. The molecular weight excluding hydrogens is 164 g/mol. The van der Waals surface area contributed by atoms with Gasteiger partial charge in [0.05, 0.1) is 12.2 Å². The van der Waals surface area contributed by atoms with Crippen molar-refractivity contribution in [2.24, 2.45) is 5.73 Å². The summed E-state index contributed by atoms with van der Waals surface area (Å²) in [5.74, 6) is 0. The smallest absolute Gasteiger partial charge is 0.0678 e. The fraction of sp³-hybridized carbons (Fsp3) is 1.00. The molecule has 1 fully saturated rings. The lowest BCUT2D eigenvalue weighted by molar-refractivity contribution is -0.0715. The molecule has 0 aliphatic carbocycles. The van der Waals surface area contributed by atoms with E-state index < -0.39 is 0 Å². The molecule has 78 valence electrons. The molecule has 0 aromatic carbocycles. The first-order valence-corrected chi connectivity index (χ1v) is 5.03. The minimum Gasteiger partial charge on any atom is -0.373 e.